The molecule has 4 heterocycles. The lowest BCUT2D eigenvalue weighted by Gasteiger charge is -2.47. The second-order valence-corrected chi connectivity index (χ2v) is 16.8. The maximum absolute atomic E-state index is 14.6. The molecule has 0 aromatic carbocycles. The zero-order chi connectivity index (χ0) is 41.0. The fourth-order valence-electron chi connectivity index (χ4n) is 8.84. The average Bonchev–Trinajstić information content (AvgIpc) is 3.40. The molecule has 1 aromatic rings. The number of unbranched alkanes of at least 4 members (excludes halogenated alkanes) is 1. The van der Waals surface area contributed by atoms with Crippen LogP contribution in [0.25, 0.3) is 0 Å². The summed E-state index contributed by atoms with van der Waals surface area (Å²) in [4.78, 5) is 64.3. The van der Waals surface area contributed by atoms with Crippen LogP contribution in [0.2, 0.25) is 5.02 Å². The third-order valence-electron chi connectivity index (χ3n) is 12.0. The summed E-state index contributed by atoms with van der Waals surface area (Å²) in [7, 11) is 5.23. The lowest BCUT2D eigenvalue weighted by molar-refractivity contribution is -0.295. The summed E-state index contributed by atoms with van der Waals surface area (Å²) in [6.07, 6.45) is -1.22. The third kappa shape index (κ3) is 9.64. The van der Waals surface area contributed by atoms with Gasteiger partial charge in [-0.3, -0.25) is 14.4 Å². The molecule has 0 spiro atoms. The highest BCUT2D eigenvalue weighted by Crippen LogP contribution is 2.43. The number of cyclic esters (lactones) is 1. The van der Waals surface area contributed by atoms with Gasteiger partial charge in [-0.05, 0) is 86.0 Å². The number of likely N-dealkylation sites (N-methyl/N-ethyl adjacent to an activating group) is 1. The highest BCUT2D eigenvalue weighted by molar-refractivity contribution is 6.32. The lowest BCUT2D eigenvalue weighted by Crippen LogP contribution is -2.60. The van der Waals surface area contributed by atoms with Crippen molar-refractivity contribution in [3.8, 4) is 0 Å². The van der Waals surface area contributed by atoms with E-state index in [1.807, 2.05) is 32.8 Å². The first kappa shape index (κ1) is 44.8. The largest absolute Gasteiger partial charge is 0.458 e. The van der Waals surface area contributed by atoms with Crippen molar-refractivity contribution < 1.29 is 48.0 Å². The van der Waals surface area contributed by atoms with Crippen LogP contribution in [0, 0.1) is 23.7 Å². The Morgan fingerprint density at radius 3 is 2.38 bits per heavy atom. The molecule has 13 atom stereocenters. The molecule has 0 saturated carbocycles. The maximum Gasteiger partial charge on any atom is 0.410 e. The minimum atomic E-state index is -1.40. The van der Waals surface area contributed by atoms with Crippen molar-refractivity contribution in [2.24, 2.45) is 23.7 Å². The van der Waals surface area contributed by atoms with Crippen molar-refractivity contribution in [3.05, 3.63) is 23.4 Å². The van der Waals surface area contributed by atoms with Crippen molar-refractivity contribution in [2.75, 3.05) is 39.6 Å². The van der Waals surface area contributed by atoms with Gasteiger partial charge in [-0.2, -0.15) is 0 Å². The maximum atomic E-state index is 14.6. The second kappa shape index (κ2) is 18.6. The first-order valence-corrected chi connectivity index (χ1v) is 20.0. The molecule has 1 amide bonds. The number of Topliss-reactive ketones (excluding diaryl/α,β-unsaturated/α-hetero) is 2. The number of aliphatic hydroxyl groups is 1. The minimum Gasteiger partial charge on any atom is -0.458 e. The number of aromatic nitrogens is 1. The zero-order valence-corrected chi connectivity index (χ0v) is 35.1. The molecule has 15 heteroatoms. The number of nitrogens with one attached hydrogen (secondary N) is 1. The van der Waals surface area contributed by atoms with Crippen molar-refractivity contribution in [1.82, 2.24) is 14.8 Å². The number of carbonyl (C=O) groups is 4. The molecule has 1 aromatic heterocycles. The van der Waals surface area contributed by atoms with Gasteiger partial charge in [0.1, 0.15) is 29.7 Å². The molecule has 3 aliphatic heterocycles. The number of anilines is 1. The van der Waals surface area contributed by atoms with Crippen LogP contribution in [0.1, 0.15) is 87.5 Å². The predicted octanol–water partition coefficient (Wildman–Crippen LogP) is 5.13. The smallest absolute Gasteiger partial charge is 0.410 e. The number of pyridine rings is 1. The summed E-state index contributed by atoms with van der Waals surface area (Å²) in [5.74, 6) is -4.41. The van der Waals surface area contributed by atoms with E-state index in [1.165, 1.54) is 14.0 Å². The fraction of sp³-hybridized carbons (Fsp3) is 0.775. The van der Waals surface area contributed by atoms with E-state index in [4.69, 9.17) is 35.3 Å². The number of ketones is 2. The van der Waals surface area contributed by atoms with E-state index in [2.05, 4.69) is 10.3 Å². The molecule has 310 valence electrons. The van der Waals surface area contributed by atoms with Crippen LogP contribution in [0.15, 0.2) is 18.3 Å². The number of hydrogen-bond acceptors (Lipinski definition) is 13. The number of nitrogens with zero attached hydrogens (tertiary/aromatic N) is 3. The van der Waals surface area contributed by atoms with E-state index in [1.54, 1.807) is 57.8 Å². The molecule has 0 radical (unpaired) electrons. The van der Waals surface area contributed by atoms with E-state index in [0.29, 0.717) is 36.6 Å². The van der Waals surface area contributed by atoms with Crippen LogP contribution < -0.4 is 5.32 Å². The molecule has 1 unspecified atom stereocenters. The number of esters is 1. The Morgan fingerprint density at radius 1 is 1.07 bits per heavy atom. The van der Waals surface area contributed by atoms with E-state index in [-0.39, 0.29) is 37.3 Å². The second-order valence-electron chi connectivity index (χ2n) is 16.3. The number of hydrogen-bond donors (Lipinski definition) is 2. The molecule has 2 N–H and O–H groups in total. The summed E-state index contributed by atoms with van der Waals surface area (Å²) < 4.78 is 31.1. The van der Waals surface area contributed by atoms with Crippen LogP contribution in [-0.4, -0.2) is 132 Å². The lowest BCUT2D eigenvalue weighted by atomic mass is 9.73. The van der Waals surface area contributed by atoms with E-state index in [9.17, 15) is 24.3 Å². The van der Waals surface area contributed by atoms with Crippen molar-refractivity contribution in [2.45, 2.75) is 141 Å². The van der Waals surface area contributed by atoms with E-state index in [0.717, 1.165) is 0 Å². The quantitative estimate of drug-likeness (QED) is 0.172. The van der Waals surface area contributed by atoms with Crippen LogP contribution >= 0.6 is 11.6 Å². The van der Waals surface area contributed by atoms with E-state index < -0.39 is 83.4 Å². The standard InChI is InChI=1S/C40H63ClN4O10/c1-12-29-40(8)33(45(38(50)55-40)19-14-13-17-42-35-27(41)16-15-18-43-35)24(4)30(46)22(2)21-39(7,51-11)34(25(5)31(47)26(6)36(49)53-29)54-37-32(48)28(44(9)10)20-23(3)52-37/h15-16,18,22-26,28-29,32-34,37,48H,12-14,17,19-21H2,1-11H3,(H,42,43)/t22-,23-,24-,25-,26-,28+,29+,32-,33+,34-,37?,39-,40-/m1/s1. The number of amides is 1. The number of ether oxygens (including phenoxy) is 5. The number of aliphatic hydroxyl groups excluding tert-OH is 1. The van der Waals surface area contributed by atoms with Gasteiger partial charge in [0.05, 0.1) is 28.9 Å². The number of halogens is 1. The summed E-state index contributed by atoms with van der Waals surface area (Å²) in [5.41, 5.74) is -2.67. The van der Waals surface area contributed by atoms with Gasteiger partial charge >= 0.3 is 12.1 Å². The van der Waals surface area contributed by atoms with Crippen molar-refractivity contribution >= 4 is 41.0 Å². The summed E-state index contributed by atoms with van der Waals surface area (Å²) in [6, 6.07) is 2.42. The summed E-state index contributed by atoms with van der Waals surface area (Å²) >= 11 is 6.24. The molecule has 0 aliphatic carbocycles. The van der Waals surface area contributed by atoms with E-state index >= 15 is 0 Å². The number of carbonyl (C=O) groups excluding carboxylic acids is 4. The van der Waals surface area contributed by atoms with Crippen LogP contribution in [-0.2, 0) is 38.1 Å². The van der Waals surface area contributed by atoms with Crippen LogP contribution in [0.4, 0.5) is 10.6 Å². The number of methoxy groups -OCH3 is 1. The minimum absolute atomic E-state index is 0.125. The van der Waals surface area contributed by atoms with Gasteiger partial charge in [0, 0.05) is 50.2 Å². The molecule has 55 heavy (non-hydrogen) atoms. The molecular formula is C40H63ClN4O10. The highest BCUT2D eigenvalue weighted by Gasteiger charge is 2.60. The summed E-state index contributed by atoms with van der Waals surface area (Å²) in [5, 5.41) is 15.1. The molecular weight excluding hydrogens is 732 g/mol. The molecule has 0 bridgehead atoms. The third-order valence-corrected chi connectivity index (χ3v) is 12.3. The van der Waals surface area contributed by atoms with Gasteiger partial charge in [-0.1, -0.05) is 39.3 Å². The first-order chi connectivity index (χ1) is 25.8. The Hall–Kier alpha value is -2.88. The first-order valence-electron chi connectivity index (χ1n) is 19.6. The Morgan fingerprint density at radius 2 is 1.76 bits per heavy atom. The average molecular weight is 795 g/mol. The number of rotatable bonds is 11. The normalized spacial score (nSPS) is 38.0. The molecule has 4 rings (SSSR count). The Labute approximate surface area is 331 Å². The van der Waals surface area contributed by atoms with Gasteiger partial charge in [0.2, 0.25) is 0 Å². The van der Waals surface area contributed by atoms with Crippen molar-refractivity contribution in [3.63, 3.8) is 0 Å². The van der Waals surface area contributed by atoms with Gasteiger partial charge in [0.25, 0.3) is 0 Å². The molecule has 14 nitrogen and oxygen atoms in total. The Kier molecular flexibility index (Phi) is 15.1. The Balaban J connectivity index is 1.68. The molecule has 3 saturated heterocycles. The van der Waals surface area contributed by atoms with Gasteiger partial charge in [-0.15, -0.1) is 0 Å². The summed E-state index contributed by atoms with van der Waals surface area (Å²) in [6.45, 7) is 14.7. The van der Waals surface area contributed by atoms with Gasteiger partial charge in [0.15, 0.2) is 17.7 Å². The van der Waals surface area contributed by atoms with Gasteiger partial charge < -0.3 is 43.9 Å². The highest BCUT2D eigenvalue weighted by atomic mass is 35.5. The molecule has 3 fully saturated rings. The topological polar surface area (TPSA) is 166 Å². The van der Waals surface area contributed by atoms with Crippen LogP contribution in [0.5, 0.6) is 0 Å². The zero-order valence-electron chi connectivity index (χ0n) is 34.4. The SMILES string of the molecule is CC[C@@H]1OC(=O)[C@H](C)C(=O)[C@@H](C)[C@@H](OC2O[C@H](C)C[C@H](N(C)C)[C@H]2O)[C@](C)(OC)C[C@@H](C)C(=O)[C@@H](C)[C@@H]2N(CCCCNc3ncccc3Cl)C(=O)O[C@]12C. The molecule has 3 aliphatic rings. The fourth-order valence-corrected chi connectivity index (χ4v) is 9.03. The predicted molar refractivity (Wildman–Crippen MR) is 207 cm³/mol. The Bertz CT molecular complexity index is 1520. The van der Waals surface area contributed by atoms with Crippen molar-refractivity contribution in [1.29, 1.82) is 0 Å². The van der Waals surface area contributed by atoms with Crippen LogP contribution in [0.3, 0.4) is 0 Å². The monoisotopic (exact) mass is 794 g/mol. The number of fused-ring (bicyclic) bond motifs is 1. The van der Waals surface area contributed by atoms with Gasteiger partial charge in [-0.25, -0.2) is 9.78 Å².